The van der Waals surface area contributed by atoms with Gasteiger partial charge in [0, 0.05) is 9.85 Å². The van der Waals surface area contributed by atoms with Crippen LogP contribution < -0.4 is 5.32 Å². The molecule has 94 valence electrons. The van der Waals surface area contributed by atoms with Gasteiger partial charge in [-0.05, 0) is 34.3 Å². The number of hydrogen-bond donors (Lipinski definition) is 2. The summed E-state index contributed by atoms with van der Waals surface area (Å²) in [5, 5.41) is 13.3. The number of halogens is 1. The summed E-state index contributed by atoms with van der Waals surface area (Å²) < 4.78 is 0.823. The van der Waals surface area contributed by atoms with E-state index in [1.165, 1.54) is 11.3 Å². The first-order valence-corrected chi connectivity index (χ1v) is 6.85. The third-order valence-corrected chi connectivity index (χ3v) is 3.79. The molecule has 6 heteroatoms. The third-order valence-electron chi connectivity index (χ3n) is 2.10. The number of carbonyl (C=O) groups excluding carboxylic acids is 1. The highest BCUT2D eigenvalue weighted by Gasteiger charge is 2.22. The molecule has 17 heavy (non-hydrogen) atoms. The van der Waals surface area contributed by atoms with Gasteiger partial charge in [-0.1, -0.05) is 13.8 Å². The minimum absolute atomic E-state index is 0.214. The van der Waals surface area contributed by atoms with Gasteiger partial charge in [-0.2, -0.15) is 0 Å². The topological polar surface area (TPSA) is 66.4 Å². The van der Waals surface area contributed by atoms with Crippen LogP contribution in [0.1, 0.15) is 29.9 Å². The van der Waals surface area contributed by atoms with E-state index in [-0.39, 0.29) is 11.8 Å². The van der Waals surface area contributed by atoms with Gasteiger partial charge < -0.3 is 10.4 Å². The fraction of sp³-hybridized carbons (Fsp3) is 0.455. The summed E-state index contributed by atoms with van der Waals surface area (Å²) in [6.45, 7) is 3.84. The molecule has 1 amide bonds. The van der Waals surface area contributed by atoms with Crippen molar-refractivity contribution in [1.29, 1.82) is 0 Å². The van der Waals surface area contributed by atoms with Crippen LogP contribution in [0.3, 0.4) is 0 Å². The Balaban J connectivity index is 2.67. The van der Waals surface area contributed by atoms with Crippen LogP contribution in [0.5, 0.6) is 0 Å². The molecule has 0 radical (unpaired) electrons. The van der Waals surface area contributed by atoms with Crippen molar-refractivity contribution in [3.8, 4) is 0 Å². The van der Waals surface area contributed by atoms with Gasteiger partial charge in [0.05, 0.1) is 4.88 Å². The molecule has 1 unspecified atom stereocenters. The van der Waals surface area contributed by atoms with E-state index in [0.717, 1.165) is 4.47 Å². The van der Waals surface area contributed by atoms with Crippen molar-refractivity contribution in [3.63, 3.8) is 0 Å². The molecule has 0 saturated carbocycles. The summed E-state index contributed by atoms with van der Waals surface area (Å²) in [6, 6.07) is 0.845. The van der Waals surface area contributed by atoms with Crippen molar-refractivity contribution in [2.45, 2.75) is 26.3 Å². The molecule has 1 heterocycles. The van der Waals surface area contributed by atoms with Gasteiger partial charge in [0.15, 0.2) is 0 Å². The largest absolute Gasteiger partial charge is 0.480 e. The van der Waals surface area contributed by atoms with Crippen molar-refractivity contribution in [2.24, 2.45) is 5.92 Å². The average Bonchev–Trinajstić information content (AvgIpc) is 2.63. The van der Waals surface area contributed by atoms with E-state index >= 15 is 0 Å². The first-order valence-electron chi connectivity index (χ1n) is 5.18. The number of thiophene rings is 1. The number of nitrogens with one attached hydrogen (secondary N) is 1. The second kappa shape index (κ2) is 6.16. The number of carboxylic acid groups (broad SMARTS) is 1. The maximum Gasteiger partial charge on any atom is 0.326 e. The summed E-state index contributed by atoms with van der Waals surface area (Å²) in [6.07, 6.45) is 0.424. The molecule has 1 rings (SSSR count). The van der Waals surface area contributed by atoms with Crippen LogP contribution in [-0.4, -0.2) is 23.0 Å². The fourth-order valence-corrected chi connectivity index (χ4v) is 2.68. The molecule has 4 nitrogen and oxygen atoms in total. The molecule has 0 aliphatic rings. The van der Waals surface area contributed by atoms with E-state index in [4.69, 9.17) is 5.11 Å². The van der Waals surface area contributed by atoms with E-state index in [1.807, 2.05) is 13.8 Å². The highest BCUT2D eigenvalue weighted by Crippen LogP contribution is 2.19. The lowest BCUT2D eigenvalue weighted by atomic mass is 10.0. The molecule has 1 atom stereocenters. The first kappa shape index (κ1) is 14.2. The third kappa shape index (κ3) is 4.47. The molecule has 2 N–H and O–H groups in total. The molecule has 1 aromatic rings. The second-order valence-corrected chi connectivity index (χ2v) is 5.95. The van der Waals surface area contributed by atoms with Crippen LogP contribution in [-0.2, 0) is 4.79 Å². The predicted octanol–water partition coefficient (Wildman–Crippen LogP) is 2.74. The lowest BCUT2D eigenvalue weighted by Crippen LogP contribution is -2.41. The molecule has 0 bridgehead atoms. The lowest BCUT2D eigenvalue weighted by Gasteiger charge is -2.15. The molecule has 1 aromatic heterocycles. The quantitative estimate of drug-likeness (QED) is 0.877. The van der Waals surface area contributed by atoms with E-state index in [1.54, 1.807) is 11.4 Å². The highest BCUT2D eigenvalue weighted by molar-refractivity contribution is 9.10. The molecule has 0 spiro atoms. The molecule has 0 fully saturated rings. The Kier molecular flexibility index (Phi) is 5.14. The van der Waals surface area contributed by atoms with Crippen LogP contribution in [0.2, 0.25) is 0 Å². The Morgan fingerprint density at radius 2 is 2.18 bits per heavy atom. The fourth-order valence-electron chi connectivity index (χ4n) is 1.35. The minimum atomic E-state index is -0.998. The zero-order valence-electron chi connectivity index (χ0n) is 9.57. The maximum atomic E-state index is 11.8. The summed E-state index contributed by atoms with van der Waals surface area (Å²) in [5.74, 6) is -1.12. The van der Waals surface area contributed by atoms with Crippen LogP contribution >= 0.6 is 27.3 Å². The molecule has 0 aromatic carbocycles. The van der Waals surface area contributed by atoms with E-state index in [2.05, 4.69) is 21.2 Å². The summed E-state index contributed by atoms with van der Waals surface area (Å²) >= 11 is 4.53. The number of carboxylic acids is 1. The Hall–Kier alpha value is -0.880. The van der Waals surface area contributed by atoms with Crippen molar-refractivity contribution < 1.29 is 14.7 Å². The lowest BCUT2D eigenvalue weighted by molar-refractivity contribution is -0.139. The predicted molar refractivity (Wildman–Crippen MR) is 70.4 cm³/mol. The second-order valence-electron chi connectivity index (χ2n) is 4.12. The minimum Gasteiger partial charge on any atom is -0.480 e. The Morgan fingerprint density at radius 1 is 1.53 bits per heavy atom. The van der Waals surface area contributed by atoms with Crippen molar-refractivity contribution in [2.75, 3.05) is 0 Å². The van der Waals surface area contributed by atoms with E-state index in [9.17, 15) is 9.59 Å². The van der Waals surface area contributed by atoms with Gasteiger partial charge >= 0.3 is 5.97 Å². The molecular weight excluding hydrogens is 306 g/mol. The summed E-state index contributed by atoms with van der Waals surface area (Å²) in [4.78, 5) is 23.3. The SMILES string of the molecule is CC(C)CC(NC(=O)c1cc(Br)cs1)C(=O)O. The maximum absolute atomic E-state index is 11.8. The normalized spacial score (nSPS) is 12.5. The zero-order chi connectivity index (χ0) is 13.0. The highest BCUT2D eigenvalue weighted by atomic mass is 79.9. The summed E-state index contributed by atoms with van der Waals surface area (Å²) in [5.41, 5.74) is 0. The molecule has 0 aliphatic heterocycles. The van der Waals surface area contributed by atoms with Crippen LogP contribution in [0, 0.1) is 5.92 Å². The number of amides is 1. The molecular formula is C11H14BrNO3S. The van der Waals surface area contributed by atoms with Gasteiger partial charge in [0.25, 0.3) is 5.91 Å². The number of hydrogen-bond acceptors (Lipinski definition) is 3. The number of rotatable bonds is 5. The Morgan fingerprint density at radius 3 is 2.59 bits per heavy atom. The molecule has 0 saturated heterocycles. The number of aliphatic carboxylic acids is 1. The van der Waals surface area contributed by atoms with Crippen LogP contribution in [0.15, 0.2) is 15.9 Å². The van der Waals surface area contributed by atoms with Gasteiger partial charge in [-0.15, -0.1) is 11.3 Å². The first-order chi connectivity index (χ1) is 7.90. The molecule has 0 aliphatic carbocycles. The standard InChI is InChI=1S/C11H14BrNO3S/c1-6(2)3-8(11(15)16)13-10(14)9-4-7(12)5-17-9/h4-6,8H,3H2,1-2H3,(H,13,14)(H,15,16). The van der Waals surface area contributed by atoms with Crippen molar-refractivity contribution >= 4 is 39.1 Å². The smallest absolute Gasteiger partial charge is 0.326 e. The van der Waals surface area contributed by atoms with Crippen LogP contribution in [0.25, 0.3) is 0 Å². The van der Waals surface area contributed by atoms with Crippen molar-refractivity contribution in [3.05, 3.63) is 20.8 Å². The van der Waals surface area contributed by atoms with Gasteiger partial charge in [0.2, 0.25) is 0 Å². The summed E-state index contributed by atoms with van der Waals surface area (Å²) in [7, 11) is 0. The van der Waals surface area contributed by atoms with Gasteiger partial charge in [0.1, 0.15) is 6.04 Å². The van der Waals surface area contributed by atoms with Gasteiger partial charge in [-0.3, -0.25) is 4.79 Å². The zero-order valence-corrected chi connectivity index (χ0v) is 12.0. The monoisotopic (exact) mass is 319 g/mol. The number of carbonyl (C=O) groups is 2. The van der Waals surface area contributed by atoms with Crippen LogP contribution in [0.4, 0.5) is 0 Å². The van der Waals surface area contributed by atoms with Crippen molar-refractivity contribution in [1.82, 2.24) is 5.32 Å². The van der Waals surface area contributed by atoms with E-state index in [0.29, 0.717) is 11.3 Å². The average molecular weight is 320 g/mol. The Bertz CT molecular complexity index is 417. The van der Waals surface area contributed by atoms with E-state index < -0.39 is 12.0 Å². The van der Waals surface area contributed by atoms with Gasteiger partial charge in [-0.25, -0.2) is 4.79 Å². The Labute approximate surface area is 112 Å².